The molecule has 0 aliphatic carbocycles. The predicted octanol–water partition coefficient (Wildman–Crippen LogP) is 4.83. The van der Waals surface area contributed by atoms with E-state index >= 15 is 0 Å². The molecule has 0 radical (unpaired) electrons. The molecule has 0 atom stereocenters. The third-order valence-electron chi connectivity index (χ3n) is 6.68. The van der Waals surface area contributed by atoms with Gasteiger partial charge in [0.05, 0.1) is 25.1 Å². The second-order valence-electron chi connectivity index (χ2n) is 9.08. The number of halogens is 1. The molecule has 1 saturated heterocycles. The van der Waals surface area contributed by atoms with E-state index in [-0.39, 0.29) is 24.0 Å². The van der Waals surface area contributed by atoms with Crippen LogP contribution in [0.5, 0.6) is 5.75 Å². The van der Waals surface area contributed by atoms with Gasteiger partial charge < -0.3 is 19.3 Å². The molecule has 39 heavy (non-hydrogen) atoms. The first-order chi connectivity index (χ1) is 19.0. The van der Waals surface area contributed by atoms with Crippen molar-refractivity contribution in [3.05, 3.63) is 95.9 Å². The number of esters is 1. The lowest BCUT2D eigenvalue weighted by Gasteiger charge is -2.36. The molecule has 9 heteroatoms. The molecule has 0 unspecified atom stereocenters. The number of methoxy groups -OCH3 is 1. The maximum atomic E-state index is 13.5. The molecule has 0 spiro atoms. The third-order valence-corrected chi connectivity index (χ3v) is 6.68. The number of hydrogen-bond donors (Lipinski definition) is 0. The van der Waals surface area contributed by atoms with Crippen LogP contribution in [0, 0.1) is 5.82 Å². The number of piperazine rings is 1. The lowest BCUT2D eigenvalue weighted by Crippen LogP contribution is -2.48. The average molecular weight is 529 g/mol. The van der Waals surface area contributed by atoms with Gasteiger partial charge in [-0.05, 0) is 67.6 Å². The van der Waals surface area contributed by atoms with E-state index in [9.17, 15) is 14.0 Å². The van der Waals surface area contributed by atoms with Gasteiger partial charge in [-0.25, -0.2) is 13.9 Å². The largest absolute Gasteiger partial charge is 0.497 e. The zero-order valence-electron chi connectivity index (χ0n) is 21.8. The molecule has 0 N–H and O–H groups in total. The fourth-order valence-electron chi connectivity index (χ4n) is 4.62. The van der Waals surface area contributed by atoms with Gasteiger partial charge in [-0.1, -0.05) is 18.2 Å². The smallest absolute Gasteiger partial charge is 0.358 e. The van der Waals surface area contributed by atoms with Crippen molar-refractivity contribution >= 4 is 17.6 Å². The minimum atomic E-state index is -0.516. The number of anilines is 1. The van der Waals surface area contributed by atoms with Gasteiger partial charge in [0.25, 0.3) is 5.91 Å². The zero-order chi connectivity index (χ0) is 27.4. The van der Waals surface area contributed by atoms with Crippen LogP contribution in [0.2, 0.25) is 0 Å². The lowest BCUT2D eigenvalue weighted by molar-refractivity contribution is 0.0518. The van der Waals surface area contributed by atoms with Gasteiger partial charge in [0.2, 0.25) is 0 Å². The van der Waals surface area contributed by atoms with Crippen molar-refractivity contribution in [2.75, 3.05) is 44.8 Å². The molecule has 1 amide bonds. The Balaban J connectivity index is 1.32. The quantitative estimate of drug-likeness (QED) is 0.320. The Labute approximate surface area is 226 Å². The van der Waals surface area contributed by atoms with Gasteiger partial charge >= 0.3 is 5.97 Å². The van der Waals surface area contributed by atoms with Gasteiger partial charge in [0.15, 0.2) is 5.69 Å². The van der Waals surface area contributed by atoms with Crippen molar-refractivity contribution in [1.82, 2.24) is 14.7 Å². The Hall–Kier alpha value is -4.66. The molecule has 200 valence electrons. The Morgan fingerprint density at radius 2 is 1.59 bits per heavy atom. The fourth-order valence-corrected chi connectivity index (χ4v) is 4.62. The normalized spacial score (nSPS) is 13.3. The molecule has 1 aliphatic heterocycles. The Morgan fingerprint density at radius 3 is 2.26 bits per heavy atom. The number of hydrogen-bond acceptors (Lipinski definition) is 6. The number of aromatic nitrogens is 2. The van der Waals surface area contributed by atoms with E-state index < -0.39 is 5.97 Å². The number of ether oxygens (including phenoxy) is 2. The minimum Gasteiger partial charge on any atom is -0.497 e. The number of carbonyl (C=O) groups excluding carboxylic acids is 2. The SMILES string of the molecule is CCOC(=O)c1cc(-c2ccc(N3CCN(C(=O)c4cccc(OC)c4)CC3)cc2)n(-c2ccc(F)cc2)n1. The topological polar surface area (TPSA) is 76.9 Å². The van der Waals surface area contributed by atoms with Crippen LogP contribution in [0.15, 0.2) is 78.9 Å². The molecule has 2 heterocycles. The first-order valence-electron chi connectivity index (χ1n) is 12.8. The lowest BCUT2D eigenvalue weighted by atomic mass is 10.1. The van der Waals surface area contributed by atoms with Gasteiger partial charge in [0, 0.05) is 43.0 Å². The molecule has 5 rings (SSSR count). The van der Waals surface area contributed by atoms with Crippen LogP contribution in [0.3, 0.4) is 0 Å². The molecule has 0 saturated carbocycles. The number of nitrogens with zero attached hydrogens (tertiary/aromatic N) is 4. The van der Waals surface area contributed by atoms with E-state index in [0.717, 1.165) is 11.3 Å². The second-order valence-corrected chi connectivity index (χ2v) is 9.08. The van der Waals surface area contributed by atoms with Gasteiger partial charge in [-0.2, -0.15) is 5.10 Å². The molecule has 8 nitrogen and oxygen atoms in total. The van der Waals surface area contributed by atoms with Crippen LogP contribution in [0.1, 0.15) is 27.8 Å². The zero-order valence-corrected chi connectivity index (χ0v) is 21.8. The van der Waals surface area contributed by atoms with Crippen LogP contribution in [0.4, 0.5) is 10.1 Å². The summed E-state index contributed by atoms with van der Waals surface area (Å²) in [5.41, 5.74) is 3.99. The summed E-state index contributed by atoms with van der Waals surface area (Å²) in [5.74, 6) is -0.213. The summed E-state index contributed by atoms with van der Waals surface area (Å²) >= 11 is 0. The summed E-state index contributed by atoms with van der Waals surface area (Å²) in [7, 11) is 1.59. The Morgan fingerprint density at radius 1 is 0.897 bits per heavy atom. The second kappa shape index (κ2) is 11.4. The summed E-state index contributed by atoms with van der Waals surface area (Å²) in [4.78, 5) is 29.4. The van der Waals surface area contributed by atoms with E-state index in [1.54, 1.807) is 49.0 Å². The van der Waals surface area contributed by atoms with Gasteiger partial charge in [0.1, 0.15) is 11.6 Å². The van der Waals surface area contributed by atoms with Gasteiger partial charge in [-0.15, -0.1) is 0 Å². The summed E-state index contributed by atoms with van der Waals surface area (Å²) in [5, 5.41) is 4.44. The number of carbonyl (C=O) groups is 2. The van der Waals surface area contributed by atoms with Crippen molar-refractivity contribution in [1.29, 1.82) is 0 Å². The molecule has 1 aromatic heterocycles. The highest BCUT2D eigenvalue weighted by Crippen LogP contribution is 2.28. The van der Waals surface area contributed by atoms with Crippen LogP contribution in [-0.4, -0.2) is 66.5 Å². The Kier molecular flexibility index (Phi) is 7.58. The van der Waals surface area contributed by atoms with Crippen LogP contribution >= 0.6 is 0 Å². The maximum absolute atomic E-state index is 13.5. The molecule has 0 bridgehead atoms. The monoisotopic (exact) mass is 528 g/mol. The highest BCUT2D eigenvalue weighted by molar-refractivity contribution is 5.94. The van der Waals surface area contributed by atoms with E-state index in [2.05, 4.69) is 10.00 Å². The predicted molar refractivity (Wildman–Crippen MR) is 146 cm³/mol. The minimum absolute atomic E-state index is 0.00430. The van der Waals surface area contributed by atoms with Crippen molar-refractivity contribution in [2.45, 2.75) is 6.92 Å². The summed E-state index contributed by atoms with van der Waals surface area (Å²) in [6.45, 7) is 4.61. The van der Waals surface area contributed by atoms with E-state index in [0.29, 0.717) is 48.9 Å². The number of amides is 1. The summed E-state index contributed by atoms with van der Waals surface area (Å²) in [6, 6.07) is 22.8. The van der Waals surface area contributed by atoms with Crippen LogP contribution in [-0.2, 0) is 4.74 Å². The molecule has 3 aromatic carbocycles. The van der Waals surface area contributed by atoms with E-state index in [4.69, 9.17) is 9.47 Å². The fraction of sp³-hybridized carbons (Fsp3) is 0.233. The van der Waals surface area contributed by atoms with Crippen LogP contribution in [0.25, 0.3) is 16.9 Å². The highest BCUT2D eigenvalue weighted by atomic mass is 19.1. The third kappa shape index (κ3) is 5.62. The molecule has 1 fully saturated rings. The molecule has 1 aliphatic rings. The molecule has 4 aromatic rings. The number of rotatable bonds is 7. The number of benzene rings is 3. The standard InChI is InChI=1S/C30H29FN4O4/c1-3-39-30(37)27-20-28(35(32-27)25-13-9-23(31)10-14-25)21-7-11-24(12-8-21)33-15-17-34(18-16-33)29(36)22-5-4-6-26(19-22)38-2/h4-14,19-20H,3,15-18H2,1-2H3. The molecular weight excluding hydrogens is 499 g/mol. The van der Waals surface area contributed by atoms with E-state index in [1.807, 2.05) is 41.3 Å². The first-order valence-corrected chi connectivity index (χ1v) is 12.8. The highest BCUT2D eigenvalue weighted by Gasteiger charge is 2.23. The first kappa shape index (κ1) is 26.0. The van der Waals surface area contributed by atoms with Gasteiger partial charge in [-0.3, -0.25) is 4.79 Å². The average Bonchev–Trinajstić information content (AvgIpc) is 3.43. The van der Waals surface area contributed by atoms with Crippen molar-refractivity contribution < 1.29 is 23.5 Å². The summed E-state index contributed by atoms with van der Waals surface area (Å²) < 4.78 is 25.5. The van der Waals surface area contributed by atoms with Crippen molar-refractivity contribution in [2.24, 2.45) is 0 Å². The van der Waals surface area contributed by atoms with Crippen molar-refractivity contribution in [3.8, 4) is 22.7 Å². The van der Waals surface area contributed by atoms with Crippen LogP contribution < -0.4 is 9.64 Å². The Bertz CT molecular complexity index is 1460. The van der Waals surface area contributed by atoms with E-state index in [1.165, 1.54) is 12.1 Å². The van der Waals surface area contributed by atoms with Crippen molar-refractivity contribution in [3.63, 3.8) is 0 Å². The molecular formula is C30H29FN4O4. The maximum Gasteiger partial charge on any atom is 0.358 e. The summed E-state index contributed by atoms with van der Waals surface area (Å²) in [6.07, 6.45) is 0.